The minimum absolute atomic E-state index is 0.0543. The van der Waals surface area contributed by atoms with Crippen molar-refractivity contribution in [2.75, 3.05) is 44.2 Å². The molecule has 0 saturated carbocycles. The third-order valence-corrected chi connectivity index (χ3v) is 10.9. The van der Waals surface area contributed by atoms with Gasteiger partial charge in [0.05, 0.1) is 20.5 Å². The second kappa shape index (κ2) is 9.14. The van der Waals surface area contributed by atoms with Crippen LogP contribution in [0.2, 0.25) is 4.34 Å². The van der Waals surface area contributed by atoms with Gasteiger partial charge in [0.2, 0.25) is 5.91 Å². The molecule has 2 aliphatic rings. The first kappa shape index (κ1) is 23.0. The van der Waals surface area contributed by atoms with Crippen LogP contribution in [-0.2, 0) is 14.8 Å². The molecule has 3 aromatic rings. The molecule has 2 fully saturated rings. The summed E-state index contributed by atoms with van der Waals surface area (Å²) >= 11 is 8.68. The molecule has 33 heavy (non-hydrogen) atoms. The number of sulfonamides is 1. The van der Waals surface area contributed by atoms with Crippen molar-refractivity contribution in [3.8, 4) is 0 Å². The van der Waals surface area contributed by atoms with Crippen LogP contribution in [0.25, 0.3) is 10.2 Å². The molecular formula is C22H25ClN4O3S3. The van der Waals surface area contributed by atoms with Gasteiger partial charge < -0.3 is 9.80 Å². The van der Waals surface area contributed by atoms with Gasteiger partial charge in [-0.2, -0.15) is 4.31 Å². The zero-order valence-corrected chi connectivity index (χ0v) is 21.4. The number of carbonyl (C=O) groups is 1. The van der Waals surface area contributed by atoms with Crippen molar-refractivity contribution in [2.24, 2.45) is 5.92 Å². The maximum atomic E-state index is 13.2. The molecule has 4 heterocycles. The van der Waals surface area contributed by atoms with Crippen LogP contribution >= 0.6 is 34.3 Å². The Morgan fingerprint density at radius 2 is 1.88 bits per heavy atom. The number of carbonyl (C=O) groups excluding carboxylic acids is 1. The van der Waals surface area contributed by atoms with Crippen LogP contribution in [0.1, 0.15) is 18.4 Å². The Bertz CT molecular complexity index is 1280. The Hall–Kier alpha value is -1.72. The average Bonchev–Trinajstić information content (AvgIpc) is 3.45. The number of thiophene rings is 1. The van der Waals surface area contributed by atoms with Crippen LogP contribution in [0.4, 0.5) is 5.13 Å². The van der Waals surface area contributed by atoms with Crippen molar-refractivity contribution in [1.82, 2.24) is 14.2 Å². The minimum Gasteiger partial charge on any atom is -0.345 e. The number of benzene rings is 1. The molecule has 2 aromatic heterocycles. The topological polar surface area (TPSA) is 73.8 Å². The molecule has 1 atom stereocenters. The van der Waals surface area contributed by atoms with Gasteiger partial charge in [-0.1, -0.05) is 29.0 Å². The largest absolute Gasteiger partial charge is 0.345 e. The molecule has 0 radical (unpaired) electrons. The van der Waals surface area contributed by atoms with Gasteiger partial charge in [-0.15, -0.1) is 11.3 Å². The molecule has 0 bridgehead atoms. The lowest BCUT2D eigenvalue weighted by molar-refractivity contribution is -0.137. The van der Waals surface area contributed by atoms with Gasteiger partial charge in [-0.3, -0.25) is 4.79 Å². The number of piperazine rings is 1. The molecule has 0 N–H and O–H groups in total. The van der Waals surface area contributed by atoms with E-state index in [1.807, 2.05) is 4.90 Å². The lowest BCUT2D eigenvalue weighted by Crippen LogP contribution is -2.53. The summed E-state index contributed by atoms with van der Waals surface area (Å²) in [6, 6.07) is 9.41. The second-order valence-electron chi connectivity index (χ2n) is 8.54. The molecule has 2 aliphatic heterocycles. The van der Waals surface area contributed by atoms with Crippen LogP contribution < -0.4 is 4.90 Å². The quantitative estimate of drug-likeness (QED) is 0.514. The minimum atomic E-state index is -3.62. The maximum Gasteiger partial charge on any atom is 0.252 e. The molecule has 1 aromatic carbocycles. The molecule has 0 aliphatic carbocycles. The Morgan fingerprint density at radius 1 is 1.09 bits per heavy atom. The van der Waals surface area contributed by atoms with E-state index in [9.17, 15) is 13.2 Å². The number of rotatable bonds is 4. The number of aromatic nitrogens is 1. The van der Waals surface area contributed by atoms with E-state index in [4.69, 9.17) is 16.6 Å². The van der Waals surface area contributed by atoms with Gasteiger partial charge in [0.1, 0.15) is 4.21 Å². The Morgan fingerprint density at radius 3 is 2.61 bits per heavy atom. The number of piperidine rings is 1. The fourth-order valence-corrected chi connectivity index (χ4v) is 8.73. The fraction of sp³-hybridized carbons (Fsp3) is 0.455. The highest BCUT2D eigenvalue weighted by atomic mass is 35.5. The van der Waals surface area contributed by atoms with Crippen LogP contribution in [0.15, 0.2) is 34.5 Å². The summed E-state index contributed by atoms with van der Waals surface area (Å²) in [6.45, 7) is 5.45. The summed E-state index contributed by atoms with van der Waals surface area (Å²) in [5, 5.41) is 0.993. The summed E-state index contributed by atoms with van der Waals surface area (Å²) in [6.07, 6.45) is 1.40. The third kappa shape index (κ3) is 4.64. The summed E-state index contributed by atoms with van der Waals surface area (Å²) in [7, 11) is -3.62. The summed E-state index contributed by atoms with van der Waals surface area (Å²) in [5.41, 5.74) is 2.23. The first-order valence-electron chi connectivity index (χ1n) is 11.0. The third-order valence-electron chi connectivity index (χ3n) is 6.27. The van der Waals surface area contributed by atoms with Crippen LogP contribution in [-0.4, -0.2) is 67.8 Å². The molecule has 2 saturated heterocycles. The van der Waals surface area contributed by atoms with Gasteiger partial charge in [-0.25, -0.2) is 13.4 Å². The number of halogens is 1. The van der Waals surface area contributed by atoms with E-state index < -0.39 is 10.0 Å². The highest BCUT2D eigenvalue weighted by Crippen LogP contribution is 2.32. The lowest BCUT2D eigenvalue weighted by atomic mass is 9.98. The van der Waals surface area contributed by atoms with Gasteiger partial charge in [0.25, 0.3) is 10.0 Å². The monoisotopic (exact) mass is 524 g/mol. The highest BCUT2D eigenvalue weighted by Gasteiger charge is 2.36. The van der Waals surface area contributed by atoms with Gasteiger partial charge in [0, 0.05) is 39.3 Å². The SMILES string of the molecule is Cc1ccc2nc(N3CCN(C(=O)C4CCCN(S(=O)(=O)c5ccc(Cl)s5)C4)CC3)sc2c1. The molecule has 5 rings (SSSR count). The number of fused-ring (bicyclic) bond motifs is 1. The molecule has 1 amide bonds. The van der Waals surface area contributed by atoms with E-state index in [0.717, 1.165) is 35.1 Å². The van der Waals surface area contributed by atoms with Crippen LogP contribution in [0, 0.1) is 12.8 Å². The molecule has 176 valence electrons. The molecule has 7 nitrogen and oxygen atoms in total. The number of amides is 1. The van der Waals surface area contributed by atoms with Crippen LogP contribution in [0.5, 0.6) is 0 Å². The molecule has 11 heteroatoms. The Balaban J connectivity index is 1.22. The summed E-state index contributed by atoms with van der Waals surface area (Å²) in [4.78, 5) is 22.1. The zero-order valence-electron chi connectivity index (χ0n) is 18.2. The number of aryl methyl sites for hydroxylation is 1. The van der Waals surface area contributed by atoms with Crippen molar-refractivity contribution in [2.45, 2.75) is 24.0 Å². The van der Waals surface area contributed by atoms with Crippen molar-refractivity contribution >= 4 is 65.6 Å². The van der Waals surface area contributed by atoms with E-state index in [0.29, 0.717) is 36.8 Å². The average molecular weight is 525 g/mol. The van der Waals surface area contributed by atoms with Crippen molar-refractivity contribution in [3.63, 3.8) is 0 Å². The van der Waals surface area contributed by atoms with Crippen molar-refractivity contribution in [3.05, 3.63) is 40.2 Å². The van der Waals surface area contributed by atoms with E-state index in [1.54, 1.807) is 17.4 Å². The first-order chi connectivity index (χ1) is 15.8. The van der Waals surface area contributed by atoms with Gasteiger partial charge in [-0.05, 0) is 49.6 Å². The summed E-state index contributed by atoms with van der Waals surface area (Å²) < 4.78 is 29.3. The Kier molecular flexibility index (Phi) is 6.39. The second-order valence-corrected chi connectivity index (χ2v) is 13.4. The smallest absolute Gasteiger partial charge is 0.252 e. The predicted molar refractivity (Wildman–Crippen MR) is 134 cm³/mol. The number of hydrogen-bond acceptors (Lipinski definition) is 7. The molecule has 1 unspecified atom stereocenters. The fourth-order valence-electron chi connectivity index (χ4n) is 4.46. The van der Waals surface area contributed by atoms with E-state index in [1.165, 1.54) is 20.6 Å². The van der Waals surface area contributed by atoms with Crippen LogP contribution in [0.3, 0.4) is 0 Å². The number of nitrogens with zero attached hydrogens (tertiary/aromatic N) is 4. The molecular weight excluding hydrogens is 500 g/mol. The lowest BCUT2D eigenvalue weighted by Gasteiger charge is -2.38. The number of hydrogen-bond donors (Lipinski definition) is 0. The molecule has 0 spiro atoms. The zero-order chi connectivity index (χ0) is 23.2. The Labute approximate surface area is 206 Å². The van der Waals surface area contributed by atoms with Gasteiger partial charge >= 0.3 is 0 Å². The number of thiazole rings is 1. The maximum absolute atomic E-state index is 13.2. The highest BCUT2D eigenvalue weighted by molar-refractivity contribution is 7.91. The van der Waals surface area contributed by atoms with Gasteiger partial charge in [0.15, 0.2) is 5.13 Å². The normalized spacial score (nSPS) is 20.5. The van der Waals surface area contributed by atoms with E-state index in [-0.39, 0.29) is 22.6 Å². The van der Waals surface area contributed by atoms with E-state index in [2.05, 4.69) is 30.0 Å². The number of anilines is 1. The standard InChI is InChI=1S/C22H25ClN4O3S3/c1-15-4-5-17-18(13-15)31-22(24-17)26-11-9-25(10-12-26)21(28)16-3-2-8-27(14-16)33(29,30)20-7-6-19(23)32-20/h4-7,13,16H,2-3,8-12,14H2,1H3. The first-order valence-corrected chi connectivity index (χ1v) is 14.4. The predicted octanol–water partition coefficient (Wildman–Crippen LogP) is 4.07. The summed E-state index contributed by atoms with van der Waals surface area (Å²) in [5.74, 6) is -0.250. The van der Waals surface area contributed by atoms with Crippen molar-refractivity contribution in [1.29, 1.82) is 0 Å². The van der Waals surface area contributed by atoms with E-state index >= 15 is 0 Å². The van der Waals surface area contributed by atoms with Crippen molar-refractivity contribution < 1.29 is 13.2 Å².